The lowest BCUT2D eigenvalue weighted by molar-refractivity contribution is 0.0674. The van der Waals surface area contributed by atoms with Gasteiger partial charge in [-0.3, -0.25) is 4.79 Å². The molecule has 0 aliphatic heterocycles. The second-order valence-corrected chi connectivity index (χ2v) is 6.14. The maximum atomic E-state index is 12.5. The number of amides is 1. The van der Waals surface area contributed by atoms with Crippen molar-refractivity contribution < 1.29 is 4.79 Å². The lowest BCUT2D eigenvalue weighted by atomic mass is 9.84. The Labute approximate surface area is 126 Å². The first-order chi connectivity index (χ1) is 9.52. The average Bonchev–Trinajstić information content (AvgIpc) is 2.48. The number of anilines is 1. The number of nitrogens with two attached hydrogens (primary N) is 1. The van der Waals surface area contributed by atoms with Gasteiger partial charge in [-0.1, -0.05) is 24.9 Å². The molecule has 1 fully saturated rings. The summed E-state index contributed by atoms with van der Waals surface area (Å²) in [6.07, 6.45) is 5.90. The lowest BCUT2D eigenvalue weighted by Gasteiger charge is -2.34. The molecular weight excluding hydrogens is 272 g/mol. The fourth-order valence-corrected chi connectivity index (χ4v) is 3.15. The third kappa shape index (κ3) is 3.26. The predicted octanol–water partition coefficient (Wildman–Crippen LogP) is 3.96. The number of rotatable bonds is 3. The van der Waals surface area contributed by atoms with E-state index >= 15 is 0 Å². The van der Waals surface area contributed by atoms with Crippen molar-refractivity contribution in [2.45, 2.75) is 45.1 Å². The molecule has 0 atom stereocenters. The highest BCUT2D eigenvalue weighted by Crippen LogP contribution is 2.30. The first-order valence-electron chi connectivity index (χ1n) is 7.35. The molecular formula is C16H23ClN2O. The van der Waals surface area contributed by atoms with E-state index in [1.807, 2.05) is 11.9 Å². The first kappa shape index (κ1) is 15.2. The molecule has 1 aliphatic carbocycles. The molecule has 3 nitrogen and oxygen atoms in total. The molecule has 2 N–H and O–H groups in total. The second kappa shape index (κ2) is 6.49. The predicted molar refractivity (Wildman–Crippen MR) is 84.0 cm³/mol. The standard InChI is InChI=1S/C16H23ClN2O/c1-3-11-4-7-13(8-5-11)19(2)16(20)12-6-9-15(18)14(17)10-12/h6,9-11,13H,3-5,7-8,18H2,1-2H3. The monoisotopic (exact) mass is 294 g/mol. The van der Waals surface area contributed by atoms with E-state index in [-0.39, 0.29) is 5.91 Å². The van der Waals surface area contributed by atoms with E-state index in [1.165, 1.54) is 19.3 Å². The van der Waals surface area contributed by atoms with Crippen molar-refractivity contribution in [3.05, 3.63) is 28.8 Å². The molecule has 2 rings (SSSR count). The molecule has 0 heterocycles. The summed E-state index contributed by atoms with van der Waals surface area (Å²) in [5.74, 6) is 0.868. The van der Waals surface area contributed by atoms with E-state index in [4.69, 9.17) is 17.3 Å². The smallest absolute Gasteiger partial charge is 0.253 e. The number of carbonyl (C=O) groups is 1. The Morgan fingerprint density at radius 3 is 2.55 bits per heavy atom. The van der Waals surface area contributed by atoms with Crippen LogP contribution in [0.25, 0.3) is 0 Å². The lowest BCUT2D eigenvalue weighted by Crippen LogP contribution is -2.39. The zero-order valence-corrected chi connectivity index (χ0v) is 13.0. The highest BCUT2D eigenvalue weighted by atomic mass is 35.5. The van der Waals surface area contributed by atoms with Crippen LogP contribution in [0.1, 0.15) is 49.4 Å². The SMILES string of the molecule is CCC1CCC(N(C)C(=O)c2ccc(N)c(Cl)c2)CC1. The summed E-state index contributed by atoms with van der Waals surface area (Å²) in [7, 11) is 1.89. The van der Waals surface area contributed by atoms with E-state index < -0.39 is 0 Å². The molecule has 0 unspecified atom stereocenters. The molecule has 1 saturated carbocycles. The molecule has 1 amide bonds. The topological polar surface area (TPSA) is 46.3 Å². The summed E-state index contributed by atoms with van der Waals surface area (Å²) in [4.78, 5) is 14.4. The van der Waals surface area contributed by atoms with Gasteiger partial charge in [-0.05, 0) is 49.8 Å². The van der Waals surface area contributed by atoms with Crippen molar-refractivity contribution >= 4 is 23.2 Å². The van der Waals surface area contributed by atoms with Crippen molar-refractivity contribution in [1.29, 1.82) is 0 Å². The van der Waals surface area contributed by atoms with Crippen LogP contribution in [0.15, 0.2) is 18.2 Å². The Hall–Kier alpha value is -1.22. The maximum absolute atomic E-state index is 12.5. The zero-order valence-electron chi connectivity index (χ0n) is 12.2. The number of hydrogen-bond donors (Lipinski definition) is 1. The van der Waals surface area contributed by atoms with E-state index in [1.54, 1.807) is 18.2 Å². The van der Waals surface area contributed by atoms with Crippen molar-refractivity contribution in [1.82, 2.24) is 4.90 Å². The van der Waals surface area contributed by atoms with Crippen LogP contribution in [0, 0.1) is 5.92 Å². The molecule has 0 spiro atoms. The quantitative estimate of drug-likeness (QED) is 0.858. The van der Waals surface area contributed by atoms with Gasteiger partial charge in [-0.2, -0.15) is 0 Å². The fraction of sp³-hybridized carbons (Fsp3) is 0.562. The largest absolute Gasteiger partial charge is 0.398 e. The van der Waals surface area contributed by atoms with Gasteiger partial charge in [-0.25, -0.2) is 0 Å². The minimum absolute atomic E-state index is 0.0341. The van der Waals surface area contributed by atoms with Crippen LogP contribution < -0.4 is 5.73 Å². The minimum atomic E-state index is 0.0341. The maximum Gasteiger partial charge on any atom is 0.253 e. The van der Waals surface area contributed by atoms with E-state index in [9.17, 15) is 4.79 Å². The molecule has 0 bridgehead atoms. The van der Waals surface area contributed by atoms with Gasteiger partial charge in [0.05, 0.1) is 10.7 Å². The normalized spacial score (nSPS) is 22.6. The van der Waals surface area contributed by atoms with Crippen LogP contribution in [-0.2, 0) is 0 Å². The van der Waals surface area contributed by atoms with Crippen molar-refractivity contribution in [2.75, 3.05) is 12.8 Å². The molecule has 0 saturated heterocycles. The van der Waals surface area contributed by atoms with Crippen LogP contribution in [-0.4, -0.2) is 23.9 Å². The molecule has 1 aromatic rings. The minimum Gasteiger partial charge on any atom is -0.398 e. The van der Waals surface area contributed by atoms with Crippen LogP contribution in [0.5, 0.6) is 0 Å². The summed E-state index contributed by atoms with van der Waals surface area (Å²) in [5.41, 5.74) is 6.81. The Kier molecular flexibility index (Phi) is 4.92. The van der Waals surface area contributed by atoms with Crippen LogP contribution >= 0.6 is 11.6 Å². The third-order valence-electron chi connectivity index (χ3n) is 4.51. The van der Waals surface area contributed by atoms with Gasteiger partial charge in [0.15, 0.2) is 0 Å². The second-order valence-electron chi connectivity index (χ2n) is 5.74. The highest BCUT2D eigenvalue weighted by molar-refractivity contribution is 6.33. The molecule has 110 valence electrons. The Balaban J connectivity index is 2.03. The number of nitrogens with zero attached hydrogens (tertiary/aromatic N) is 1. The van der Waals surface area contributed by atoms with Gasteiger partial charge in [0.2, 0.25) is 0 Å². The fourth-order valence-electron chi connectivity index (χ4n) is 2.97. The first-order valence-corrected chi connectivity index (χ1v) is 7.73. The van der Waals surface area contributed by atoms with Crippen LogP contribution in [0.3, 0.4) is 0 Å². The van der Waals surface area contributed by atoms with Crippen LogP contribution in [0.4, 0.5) is 5.69 Å². The summed E-state index contributed by atoms with van der Waals surface area (Å²) in [6.45, 7) is 2.25. The average molecular weight is 295 g/mol. The van der Waals surface area contributed by atoms with Gasteiger partial charge in [0.1, 0.15) is 0 Å². The molecule has 0 aromatic heterocycles. The summed E-state index contributed by atoms with van der Waals surface area (Å²) in [6, 6.07) is 5.45. The number of nitrogen functional groups attached to an aromatic ring is 1. The van der Waals surface area contributed by atoms with E-state index in [0.717, 1.165) is 18.8 Å². The molecule has 20 heavy (non-hydrogen) atoms. The van der Waals surface area contributed by atoms with Gasteiger partial charge >= 0.3 is 0 Å². The molecule has 1 aliphatic rings. The van der Waals surface area contributed by atoms with Crippen molar-refractivity contribution in [2.24, 2.45) is 5.92 Å². The van der Waals surface area contributed by atoms with Gasteiger partial charge in [0, 0.05) is 18.7 Å². The van der Waals surface area contributed by atoms with Gasteiger partial charge in [0.25, 0.3) is 5.91 Å². The van der Waals surface area contributed by atoms with Gasteiger partial charge in [-0.15, -0.1) is 0 Å². The van der Waals surface area contributed by atoms with Gasteiger partial charge < -0.3 is 10.6 Å². The van der Waals surface area contributed by atoms with Crippen molar-refractivity contribution in [3.63, 3.8) is 0 Å². The summed E-state index contributed by atoms with van der Waals surface area (Å²) in [5, 5.41) is 0.443. The van der Waals surface area contributed by atoms with E-state index in [2.05, 4.69) is 6.92 Å². The molecule has 4 heteroatoms. The molecule has 0 radical (unpaired) electrons. The summed E-state index contributed by atoms with van der Waals surface area (Å²) >= 11 is 5.99. The molecule has 1 aromatic carbocycles. The zero-order chi connectivity index (χ0) is 14.7. The highest BCUT2D eigenvalue weighted by Gasteiger charge is 2.26. The Morgan fingerprint density at radius 1 is 1.35 bits per heavy atom. The van der Waals surface area contributed by atoms with E-state index in [0.29, 0.717) is 22.3 Å². The number of hydrogen-bond acceptors (Lipinski definition) is 2. The number of benzene rings is 1. The van der Waals surface area contributed by atoms with Crippen LogP contribution in [0.2, 0.25) is 5.02 Å². The summed E-state index contributed by atoms with van der Waals surface area (Å²) < 4.78 is 0. The number of carbonyl (C=O) groups excluding carboxylic acids is 1. The Bertz CT molecular complexity index is 481. The Morgan fingerprint density at radius 2 is 2.00 bits per heavy atom. The number of halogens is 1. The van der Waals surface area contributed by atoms with Crippen molar-refractivity contribution in [3.8, 4) is 0 Å². The third-order valence-corrected chi connectivity index (χ3v) is 4.84.